The molecule has 0 fully saturated rings. The maximum Gasteiger partial charge on any atom is 0.258 e. The summed E-state index contributed by atoms with van der Waals surface area (Å²) >= 11 is 5.96. The van der Waals surface area contributed by atoms with Crippen LogP contribution in [0, 0.1) is 0 Å². The van der Waals surface area contributed by atoms with E-state index in [-0.39, 0.29) is 23.6 Å². The molecule has 1 heterocycles. The second-order valence-corrected chi connectivity index (χ2v) is 7.26. The van der Waals surface area contributed by atoms with Crippen molar-refractivity contribution in [3.05, 3.63) is 82.1 Å². The number of Topliss-reactive ketones (excluding diaryl/α,β-unsaturated/α-hetero) is 1. The molecule has 1 aliphatic carbocycles. The maximum absolute atomic E-state index is 12.6. The van der Waals surface area contributed by atoms with Crippen molar-refractivity contribution in [2.45, 2.75) is 18.8 Å². The summed E-state index contributed by atoms with van der Waals surface area (Å²) in [6.45, 7) is 0. The van der Waals surface area contributed by atoms with Crippen LogP contribution in [0.1, 0.15) is 44.3 Å². The molecule has 29 heavy (non-hydrogen) atoms. The number of anilines is 1. The number of nitrogens with one attached hydrogen (secondary N) is 1. The maximum atomic E-state index is 12.6. The number of carbonyl (C=O) groups is 2. The van der Waals surface area contributed by atoms with Crippen LogP contribution in [-0.2, 0) is 6.42 Å². The van der Waals surface area contributed by atoms with Gasteiger partial charge in [0, 0.05) is 23.2 Å². The van der Waals surface area contributed by atoms with Crippen LogP contribution >= 0.6 is 11.6 Å². The summed E-state index contributed by atoms with van der Waals surface area (Å²) in [6.07, 6.45) is 2.48. The SMILES string of the molecule is COc1cccc(C(=O)Nc2ncc3c(n2)C[C@H](c2ccc(Cl)cc2)CC3=O)c1. The molecular weight excluding hydrogens is 390 g/mol. The first kappa shape index (κ1) is 19.1. The van der Waals surface area contributed by atoms with Crippen molar-refractivity contribution in [3.63, 3.8) is 0 Å². The molecule has 0 saturated carbocycles. The van der Waals surface area contributed by atoms with Crippen molar-refractivity contribution in [3.8, 4) is 5.75 Å². The molecule has 0 radical (unpaired) electrons. The zero-order valence-corrected chi connectivity index (χ0v) is 16.4. The number of hydrogen-bond donors (Lipinski definition) is 1. The third-order valence-corrected chi connectivity index (χ3v) is 5.19. The number of nitrogens with zero attached hydrogens (tertiary/aromatic N) is 2. The molecule has 7 heteroatoms. The van der Waals surface area contributed by atoms with E-state index in [2.05, 4.69) is 15.3 Å². The second kappa shape index (κ2) is 8.01. The lowest BCUT2D eigenvalue weighted by Gasteiger charge is -2.23. The number of ketones is 1. The van der Waals surface area contributed by atoms with Gasteiger partial charge in [-0.05, 0) is 48.2 Å². The molecule has 1 N–H and O–H groups in total. The standard InChI is InChI=1S/C22H18ClN3O3/c1-29-17-4-2-3-14(9-17)21(28)26-22-24-12-18-19(25-22)10-15(11-20(18)27)13-5-7-16(23)8-6-13/h2-9,12,15H,10-11H2,1H3,(H,24,25,26,28)/t15-/m0/s1. The Hall–Kier alpha value is -3.25. The monoisotopic (exact) mass is 407 g/mol. The van der Waals surface area contributed by atoms with Gasteiger partial charge < -0.3 is 4.74 Å². The van der Waals surface area contributed by atoms with Crippen LogP contribution in [0.4, 0.5) is 5.95 Å². The van der Waals surface area contributed by atoms with E-state index in [1.807, 2.05) is 24.3 Å². The van der Waals surface area contributed by atoms with Gasteiger partial charge in [-0.1, -0.05) is 29.8 Å². The van der Waals surface area contributed by atoms with E-state index in [0.29, 0.717) is 40.4 Å². The summed E-state index contributed by atoms with van der Waals surface area (Å²) < 4.78 is 5.15. The average molecular weight is 408 g/mol. The molecule has 0 saturated heterocycles. The molecular formula is C22H18ClN3O3. The van der Waals surface area contributed by atoms with Crippen molar-refractivity contribution >= 4 is 29.2 Å². The van der Waals surface area contributed by atoms with Crippen molar-refractivity contribution < 1.29 is 14.3 Å². The lowest BCUT2D eigenvalue weighted by atomic mass is 9.82. The minimum absolute atomic E-state index is 0.00290. The first-order valence-corrected chi connectivity index (χ1v) is 9.51. The van der Waals surface area contributed by atoms with Crippen LogP contribution in [0.5, 0.6) is 5.75 Å². The molecule has 0 spiro atoms. The number of methoxy groups -OCH3 is 1. The summed E-state index contributed by atoms with van der Waals surface area (Å²) in [7, 11) is 1.54. The van der Waals surface area contributed by atoms with Gasteiger partial charge in [0.25, 0.3) is 5.91 Å². The molecule has 146 valence electrons. The van der Waals surface area contributed by atoms with Crippen LogP contribution < -0.4 is 10.1 Å². The summed E-state index contributed by atoms with van der Waals surface area (Å²) in [5, 5.41) is 3.34. The third kappa shape index (κ3) is 4.12. The van der Waals surface area contributed by atoms with Crippen molar-refractivity contribution in [1.29, 1.82) is 0 Å². The van der Waals surface area contributed by atoms with Crippen LogP contribution in [-0.4, -0.2) is 28.8 Å². The van der Waals surface area contributed by atoms with E-state index in [9.17, 15) is 9.59 Å². The topological polar surface area (TPSA) is 81.2 Å². The van der Waals surface area contributed by atoms with Crippen LogP contribution in [0.15, 0.2) is 54.7 Å². The number of rotatable bonds is 4. The minimum atomic E-state index is -0.347. The summed E-state index contributed by atoms with van der Waals surface area (Å²) in [5.41, 5.74) is 2.61. The Morgan fingerprint density at radius 3 is 2.72 bits per heavy atom. The van der Waals surface area contributed by atoms with Crippen molar-refractivity contribution in [2.24, 2.45) is 0 Å². The number of ether oxygens (including phenoxy) is 1. The average Bonchev–Trinajstić information content (AvgIpc) is 2.74. The first-order chi connectivity index (χ1) is 14.0. The molecule has 1 amide bonds. The van der Waals surface area contributed by atoms with Gasteiger partial charge in [-0.25, -0.2) is 9.97 Å². The van der Waals surface area contributed by atoms with E-state index in [1.54, 1.807) is 24.3 Å². The van der Waals surface area contributed by atoms with Crippen molar-refractivity contribution in [1.82, 2.24) is 9.97 Å². The number of carbonyl (C=O) groups excluding carboxylic acids is 2. The highest BCUT2D eigenvalue weighted by molar-refractivity contribution is 6.30. The zero-order valence-electron chi connectivity index (χ0n) is 15.7. The lowest BCUT2D eigenvalue weighted by Crippen LogP contribution is -2.22. The minimum Gasteiger partial charge on any atom is -0.497 e. The summed E-state index contributed by atoms with van der Waals surface area (Å²) in [6, 6.07) is 14.3. The molecule has 0 aliphatic heterocycles. The number of benzene rings is 2. The second-order valence-electron chi connectivity index (χ2n) is 6.82. The van der Waals surface area contributed by atoms with Gasteiger partial charge >= 0.3 is 0 Å². The predicted octanol–water partition coefficient (Wildman–Crippen LogP) is 4.30. The Morgan fingerprint density at radius 1 is 1.17 bits per heavy atom. The van der Waals surface area contributed by atoms with Crippen LogP contribution in [0.2, 0.25) is 5.02 Å². The zero-order chi connectivity index (χ0) is 20.4. The van der Waals surface area contributed by atoms with Gasteiger partial charge in [0.15, 0.2) is 5.78 Å². The molecule has 0 unspecified atom stereocenters. The Morgan fingerprint density at radius 2 is 1.97 bits per heavy atom. The van der Waals surface area contributed by atoms with E-state index < -0.39 is 0 Å². The van der Waals surface area contributed by atoms with Gasteiger partial charge in [0.1, 0.15) is 5.75 Å². The van der Waals surface area contributed by atoms with E-state index in [1.165, 1.54) is 13.3 Å². The summed E-state index contributed by atoms with van der Waals surface area (Å²) in [5.74, 6) is 0.419. The quantitative estimate of drug-likeness (QED) is 0.697. The highest BCUT2D eigenvalue weighted by atomic mass is 35.5. The number of aromatic nitrogens is 2. The Bertz CT molecular complexity index is 1080. The van der Waals surface area contributed by atoms with Gasteiger partial charge in [-0.3, -0.25) is 14.9 Å². The highest BCUT2D eigenvalue weighted by Gasteiger charge is 2.28. The Kier molecular flexibility index (Phi) is 5.27. The molecule has 1 atom stereocenters. The fraction of sp³-hybridized carbons (Fsp3) is 0.182. The van der Waals surface area contributed by atoms with Crippen molar-refractivity contribution in [2.75, 3.05) is 12.4 Å². The van der Waals surface area contributed by atoms with Gasteiger partial charge in [-0.15, -0.1) is 0 Å². The molecule has 4 rings (SSSR count). The van der Waals surface area contributed by atoms with Gasteiger partial charge in [0.05, 0.1) is 18.4 Å². The highest BCUT2D eigenvalue weighted by Crippen LogP contribution is 2.32. The molecule has 3 aromatic rings. The fourth-order valence-corrected chi connectivity index (χ4v) is 3.54. The first-order valence-electron chi connectivity index (χ1n) is 9.13. The number of amides is 1. The molecule has 1 aliphatic rings. The number of halogens is 1. The summed E-state index contributed by atoms with van der Waals surface area (Å²) in [4.78, 5) is 33.7. The van der Waals surface area contributed by atoms with Gasteiger partial charge in [-0.2, -0.15) is 0 Å². The van der Waals surface area contributed by atoms with E-state index >= 15 is 0 Å². The Balaban J connectivity index is 1.56. The molecule has 1 aromatic heterocycles. The fourth-order valence-electron chi connectivity index (χ4n) is 3.41. The van der Waals surface area contributed by atoms with Crippen LogP contribution in [0.25, 0.3) is 0 Å². The van der Waals surface area contributed by atoms with E-state index in [0.717, 1.165) is 5.56 Å². The number of hydrogen-bond acceptors (Lipinski definition) is 5. The van der Waals surface area contributed by atoms with Crippen LogP contribution in [0.3, 0.4) is 0 Å². The predicted molar refractivity (Wildman–Crippen MR) is 110 cm³/mol. The number of fused-ring (bicyclic) bond motifs is 1. The van der Waals surface area contributed by atoms with E-state index in [4.69, 9.17) is 16.3 Å². The molecule has 6 nitrogen and oxygen atoms in total. The molecule has 0 bridgehead atoms. The third-order valence-electron chi connectivity index (χ3n) is 4.94. The largest absolute Gasteiger partial charge is 0.497 e. The molecule has 2 aromatic carbocycles. The lowest BCUT2D eigenvalue weighted by molar-refractivity contribution is 0.0962. The Labute approximate surface area is 172 Å². The van der Waals surface area contributed by atoms with Gasteiger partial charge in [0.2, 0.25) is 5.95 Å². The smallest absolute Gasteiger partial charge is 0.258 e. The normalized spacial score (nSPS) is 15.5.